The van der Waals surface area contributed by atoms with E-state index in [0.717, 1.165) is 39.0 Å². The van der Waals surface area contributed by atoms with Gasteiger partial charge in [-0.05, 0) is 82.8 Å². The fourth-order valence-electron chi connectivity index (χ4n) is 7.34. The molecular formula is C43H35NO. The largest absolute Gasteiger partial charge is 0.453 e. The second-order valence-corrected chi connectivity index (χ2v) is 12.6. The van der Waals surface area contributed by atoms with Crippen LogP contribution in [0.25, 0.3) is 49.4 Å². The number of anilines is 3. The summed E-state index contributed by atoms with van der Waals surface area (Å²) < 4.78 is 7.02. The van der Waals surface area contributed by atoms with Gasteiger partial charge in [-0.1, -0.05) is 123 Å². The molecule has 0 saturated heterocycles. The van der Waals surface area contributed by atoms with Gasteiger partial charge in [0.05, 0.1) is 5.69 Å². The van der Waals surface area contributed by atoms with Gasteiger partial charge in [0.1, 0.15) is 5.58 Å². The zero-order valence-electron chi connectivity index (χ0n) is 26.1. The Labute approximate surface area is 264 Å². The molecule has 45 heavy (non-hydrogen) atoms. The average Bonchev–Trinajstić information content (AvgIpc) is 3.55. The van der Waals surface area contributed by atoms with Gasteiger partial charge in [-0.3, -0.25) is 0 Å². The third-order valence-electron chi connectivity index (χ3n) is 9.57. The van der Waals surface area contributed by atoms with Crippen molar-refractivity contribution in [1.29, 1.82) is 0 Å². The van der Waals surface area contributed by atoms with Gasteiger partial charge in [-0.2, -0.15) is 0 Å². The molecule has 8 rings (SSSR count). The maximum atomic E-state index is 7.02. The number of para-hydroxylation sites is 1. The van der Waals surface area contributed by atoms with Crippen molar-refractivity contribution in [2.45, 2.75) is 33.1 Å². The molecule has 1 heterocycles. The Hall–Kier alpha value is -5.34. The molecule has 1 aliphatic rings. The zero-order valence-corrected chi connectivity index (χ0v) is 26.1. The van der Waals surface area contributed by atoms with Gasteiger partial charge in [-0.15, -0.1) is 0 Å². The molecule has 0 atom stereocenters. The second kappa shape index (κ2) is 10.4. The average molecular weight is 582 g/mol. The van der Waals surface area contributed by atoms with Crippen molar-refractivity contribution < 1.29 is 4.42 Å². The van der Waals surface area contributed by atoms with E-state index < -0.39 is 0 Å². The van der Waals surface area contributed by atoms with Crippen LogP contribution in [0.15, 0.2) is 150 Å². The standard InChI is InChI=1S/C43H35NO/c1-5-12-37-28(2)40-38(43(37,3)4)26-25-36-35-17-11-18-39(41(35)45-42(36)40)44(34-24-21-30-15-9-10-16-32(30)27-34)33-22-19-31(20-23-33)29-13-7-6-8-14-29/h5-27H,1-4H3/b12-5-. The maximum absolute atomic E-state index is 7.02. The summed E-state index contributed by atoms with van der Waals surface area (Å²) in [4.78, 5) is 2.34. The molecule has 7 aromatic rings. The van der Waals surface area contributed by atoms with Crippen molar-refractivity contribution in [1.82, 2.24) is 0 Å². The summed E-state index contributed by atoms with van der Waals surface area (Å²) in [5.41, 5.74) is 12.6. The molecule has 0 aliphatic heterocycles. The molecule has 1 aliphatic carbocycles. The summed E-state index contributed by atoms with van der Waals surface area (Å²) in [5, 5.41) is 4.71. The van der Waals surface area contributed by atoms with Crippen LogP contribution in [-0.4, -0.2) is 0 Å². The first-order valence-corrected chi connectivity index (χ1v) is 15.7. The Bertz CT molecular complexity index is 2300. The highest BCUT2D eigenvalue weighted by Gasteiger charge is 2.37. The number of furan rings is 1. The van der Waals surface area contributed by atoms with Crippen molar-refractivity contribution in [3.8, 4) is 11.1 Å². The molecule has 1 aromatic heterocycles. The lowest BCUT2D eigenvalue weighted by atomic mass is 9.81. The summed E-state index contributed by atoms with van der Waals surface area (Å²) in [6, 6.07) is 45.7. The fraction of sp³-hybridized carbons (Fsp3) is 0.116. The minimum Gasteiger partial charge on any atom is -0.453 e. The van der Waals surface area contributed by atoms with Gasteiger partial charge < -0.3 is 9.32 Å². The molecule has 0 saturated carbocycles. The normalized spacial score (nSPS) is 14.2. The Morgan fingerprint density at radius 2 is 1.31 bits per heavy atom. The summed E-state index contributed by atoms with van der Waals surface area (Å²) in [6.07, 6.45) is 4.40. The SMILES string of the molecule is C/C=C\C1=C(C)c2c(ccc3c2oc2c(N(c4ccc(-c5ccccc5)cc4)c4ccc5ccccc5c4)cccc23)C1(C)C. The van der Waals surface area contributed by atoms with Gasteiger partial charge in [-0.25, -0.2) is 0 Å². The van der Waals surface area contributed by atoms with E-state index >= 15 is 0 Å². The smallest absolute Gasteiger partial charge is 0.159 e. The number of fused-ring (bicyclic) bond motifs is 6. The van der Waals surface area contributed by atoms with Crippen LogP contribution in [-0.2, 0) is 5.41 Å². The topological polar surface area (TPSA) is 16.4 Å². The Balaban J connectivity index is 1.37. The first-order valence-electron chi connectivity index (χ1n) is 15.7. The van der Waals surface area contributed by atoms with E-state index in [9.17, 15) is 0 Å². The van der Waals surface area contributed by atoms with E-state index in [0.29, 0.717) is 0 Å². The summed E-state index contributed by atoms with van der Waals surface area (Å²) in [5.74, 6) is 0. The minimum atomic E-state index is -0.0838. The van der Waals surface area contributed by atoms with Gasteiger partial charge >= 0.3 is 0 Å². The lowest BCUT2D eigenvalue weighted by Gasteiger charge is -2.26. The van der Waals surface area contributed by atoms with Gasteiger partial charge in [0.15, 0.2) is 5.58 Å². The molecule has 6 aromatic carbocycles. The fourth-order valence-corrected chi connectivity index (χ4v) is 7.34. The third kappa shape index (κ3) is 4.24. The predicted octanol–water partition coefficient (Wildman–Crippen LogP) is 12.5. The predicted molar refractivity (Wildman–Crippen MR) is 192 cm³/mol. The second-order valence-electron chi connectivity index (χ2n) is 12.6. The van der Waals surface area contributed by atoms with Crippen LogP contribution in [0.5, 0.6) is 0 Å². The third-order valence-corrected chi connectivity index (χ3v) is 9.57. The molecule has 0 fully saturated rings. The highest BCUT2D eigenvalue weighted by Crippen LogP contribution is 2.51. The van der Waals surface area contributed by atoms with E-state index in [1.165, 1.54) is 44.2 Å². The van der Waals surface area contributed by atoms with Crippen molar-refractivity contribution in [2.24, 2.45) is 0 Å². The number of benzene rings is 6. The molecule has 2 nitrogen and oxygen atoms in total. The van der Waals surface area contributed by atoms with Crippen LogP contribution in [0.4, 0.5) is 17.1 Å². The summed E-state index contributed by atoms with van der Waals surface area (Å²) >= 11 is 0. The van der Waals surface area contributed by atoms with E-state index in [1.54, 1.807) is 0 Å². The van der Waals surface area contributed by atoms with Crippen LogP contribution in [0, 0.1) is 0 Å². The van der Waals surface area contributed by atoms with Crippen molar-refractivity contribution in [3.63, 3.8) is 0 Å². The lowest BCUT2D eigenvalue weighted by Crippen LogP contribution is -2.16. The summed E-state index contributed by atoms with van der Waals surface area (Å²) in [6.45, 7) is 8.97. The number of allylic oxidation sites excluding steroid dienone is 4. The molecule has 0 amide bonds. The van der Waals surface area contributed by atoms with Crippen molar-refractivity contribution in [2.75, 3.05) is 4.90 Å². The molecule has 218 valence electrons. The molecular weight excluding hydrogens is 546 g/mol. The lowest BCUT2D eigenvalue weighted by molar-refractivity contribution is 0.645. The maximum Gasteiger partial charge on any atom is 0.159 e. The van der Waals surface area contributed by atoms with E-state index in [1.807, 2.05) is 0 Å². The number of rotatable bonds is 5. The Kier molecular flexibility index (Phi) is 6.28. The van der Waals surface area contributed by atoms with E-state index in [4.69, 9.17) is 4.42 Å². The molecule has 0 unspecified atom stereocenters. The molecule has 0 N–H and O–H groups in total. The minimum absolute atomic E-state index is 0.0838. The highest BCUT2D eigenvalue weighted by molar-refractivity contribution is 6.14. The van der Waals surface area contributed by atoms with E-state index in [2.05, 4.69) is 172 Å². The first kappa shape index (κ1) is 27.2. The van der Waals surface area contributed by atoms with Gasteiger partial charge in [0.2, 0.25) is 0 Å². The monoisotopic (exact) mass is 581 g/mol. The molecule has 0 radical (unpaired) electrons. The Morgan fingerprint density at radius 1 is 0.622 bits per heavy atom. The molecule has 2 heteroatoms. The number of nitrogens with zero attached hydrogens (tertiary/aromatic N) is 1. The zero-order chi connectivity index (χ0) is 30.7. The summed E-state index contributed by atoms with van der Waals surface area (Å²) in [7, 11) is 0. The van der Waals surface area contributed by atoms with Crippen LogP contribution in [0.3, 0.4) is 0 Å². The van der Waals surface area contributed by atoms with Crippen LogP contribution in [0.1, 0.15) is 38.8 Å². The molecule has 0 spiro atoms. The Morgan fingerprint density at radius 3 is 2.09 bits per heavy atom. The van der Waals surface area contributed by atoms with Gasteiger partial charge in [0, 0.05) is 33.1 Å². The van der Waals surface area contributed by atoms with E-state index in [-0.39, 0.29) is 5.41 Å². The first-order chi connectivity index (χ1) is 22.0. The quantitative estimate of drug-likeness (QED) is 0.201. The highest BCUT2D eigenvalue weighted by atomic mass is 16.3. The van der Waals surface area contributed by atoms with Crippen molar-refractivity contribution in [3.05, 3.63) is 156 Å². The van der Waals surface area contributed by atoms with Crippen molar-refractivity contribution >= 4 is 55.3 Å². The van der Waals surface area contributed by atoms with Crippen LogP contribution < -0.4 is 4.90 Å². The number of hydrogen-bond acceptors (Lipinski definition) is 2. The van der Waals surface area contributed by atoms with Crippen LogP contribution >= 0.6 is 0 Å². The molecule has 0 bridgehead atoms. The van der Waals surface area contributed by atoms with Gasteiger partial charge in [0.25, 0.3) is 0 Å². The van der Waals surface area contributed by atoms with Crippen LogP contribution in [0.2, 0.25) is 0 Å². The number of hydrogen-bond donors (Lipinski definition) is 0.